The molecule has 0 saturated carbocycles. The van der Waals surface area contributed by atoms with Crippen molar-refractivity contribution in [2.45, 2.75) is 59.6 Å². The van der Waals surface area contributed by atoms with Crippen LogP contribution in [0.2, 0.25) is 0 Å². The lowest BCUT2D eigenvalue weighted by molar-refractivity contribution is 0.350. The van der Waals surface area contributed by atoms with E-state index in [4.69, 9.17) is 12.6 Å². The van der Waals surface area contributed by atoms with Gasteiger partial charge in [-0.25, -0.2) is 0 Å². The molecule has 2 rings (SSSR count). The number of hydrogen-bond acceptors (Lipinski definition) is 1. The lowest BCUT2D eigenvalue weighted by Crippen LogP contribution is -2.31. The lowest BCUT2D eigenvalue weighted by atomic mass is 9.80. The van der Waals surface area contributed by atoms with Crippen molar-refractivity contribution in [3.63, 3.8) is 0 Å². The van der Waals surface area contributed by atoms with Crippen LogP contribution >= 0.6 is 12.6 Å². The van der Waals surface area contributed by atoms with E-state index in [1.807, 2.05) is 0 Å². The van der Waals surface area contributed by atoms with E-state index >= 15 is 0 Å². The first kappa shape index (κ1) is 19.8. The number of fused-ring (bicyclic) bond motifs is 1. The highest BCUT2D eigenvalue weighted by molar-refractivity contribution is 7.82. The second-order valence-corrected chi connectivity index (χ2v) is 9.34. The Morgan fingerprint density at radius 2 is 1.80 bits per heavy atom. The summed E-state index contributed by atoms with van der Waals surface area (Å²) in [4.78, 5) is 0. The Morgan fingerprint density at radius 1 is 1.16 bits per heavy atom. The van der Waals surface area contributed by atoms with Gasteiger partial charge in [-0.2, -0.15) is 12.6 Å². The molecule has 1 atom stereocenters. The molecule has 0 aliphatic heterocycles. The normalized spacial score (nSPS) is 17.4. The molecule has 0 aromatic heterocycles. The molecule has 1 aliphatic rings. The molecule has 0 N–H and O–H groups in total. The van der Waals surface area contributed by atoms with Crippen molar-refractivity contribution in [2.75, 3.05) is 0 Å². The first-order chi connectivity index (χ1) is 11.5. The number of hydrogen-bond donors (Lipinski definition) is 1. The molecular weight excluding hydrogens is 320 g/mol. The van der Waals surface area contributed by atoms with Crippen molar-refractivity contribution in [3.8, 4) is 0 Å². The van der Waals surface area contributed by atoms with E-state index in [1.165, 1.54) is 33.4 Å². The van der Waals surface area contributed by atoms with Crippen LogP contribution in [0.4, 0.5) is 0 Å². The molecular formula is C24H32S. The maximum Gasteiger partial charge on any atom is 0.0332 e. The number of aryl methyl sites for hydroxylation is 1. The highest BCUT2D eigenvalue weighted by atomic mass is 32.1. The summed E-state index contributed by atoms with van der Waals surface area (Å²) >= 11 is 4.87. The Morgan fingerprint density at radius 3 is 2.36 bits per heavy atom. The highest BCUT2D eigenvalue weighted by Gasteiger charge is 2.31. The number of rotatable bonds is 4. The third-order valence-electron chi connectivity index (χ3n) is 5.50. The summed E-state index contributed by atoms with van der Waals surface area (Å²) in [6, 6.07) is 4.48. The molecule has 1 aromatic carbocycles. The van der Waals surface area contributed by atoms with Gasteiger partial charge in [0.2, 0.25) is 0 Å². The van der Waals surface area contributed by atoms with Gasteiger partial charge in [0.05, 0.1) is 0 Å². The fourth-order valence-corrected chi connectivity index (χ4v) is 3.31. The molecule has 0 nitrogen and oxygen atoms in total. The third kappa shape index (κ3) is 3.87. The van der Waals surface area contributed by atoms with Gasteiger partial charge in [0, 0.05) is 4.75 Å². The quantitative estimate of drug-likeness (QED) is 0.430. The van der Waals surface area contributed by atoms with E-state index in [-0.39, 0.29) is 10.2 Å². The van der Waals surface area contributed by atoms with E-state index in [0.717, 1.165) is 12.0 Å². The summed E-state index contributed by atoms with van der Waals surface area (Å²) in [6.45, 7) is 19.7. The van der Waals surface area contributed by atoms with E-state index in [2.05, 4.69) is 91.5 Å². The number of benzene rings is 1. The van der Waals surface area contributed by atoms with E-state index in [1.54, 1.807) is 0 Å². The average Bonchev–Trinajstić information content (AvgIpc) is 2.80. The summed E-state index contributed by atoms with van der Waals surface area (Å²) in [7, 11) is 0. The van der Waals surface area contributed by atoms with Crippen LogP contribution < -0.4 is 0 Å². The zero-order chi connectivity index (χ0) is 19.0. The van der Waals surface area contributed by atoms with Crippen LogP contribution in [-0.2, 0) is 6.42 Å². The summed E-state index contributed by atoms with van der Waals surface area (Å²) in [5.41, 5.74) is 9.32. The van der Waals surface area contributed by atoms with Crippen LogP contribution in [0.1, 0.15) is 63.8 Å². The van der Waals surface area contributed by atoms with Gasteiger partial charge in [0.15, 0.2) is 0 Å². The second kappa shape index (κ2) is 7.03. The first-order valence-electron chi connectivity index (χ1n) is 9.05. The minimum absolute atomic E-state index is 0.0812. The maximum absolute atomic E-state index is 4.87. The standard InChI is InChI=1S/C24H32S/c1-9-10-19-18(4)15-21-20(19)12-11-16(2)22(21)17(3)13-14-24(8,25)23(5,6)7/h9-14,25H,3,15H2,1-2,4-8H3/b10-9-,14-13+. The van der Waals surface area contributed by atoms with Gasteiger partial charge in [-0.1, -0.05) is 69.4 Å². The van der Waals surface area contributed by atoms with Crippen LogP contribution in [0.5, 0.6) is 0 Å². The zero-order valence-electron chi connectivity index (χ0n) is 16.8. The molecule has 1 heteroatoms. The van der Waals surface area contributed by atoms with Gasteiger partial charge in [-0.3, -0.25) is 0 Å². The Balaban J connectivity index is 2.45. The predicted molar refractivity (Wildman–Crippen MR) is 117 cm³/mol. The lowest BCUT2D eigenvalue weighted by Gasteiger charge is -2.35. The number of thiol groups is 1. The van der Waals surface area contributed by atoms with Crippen molar-refractivity contribution >= 4 is 23.8 Å². The Labute approximate surface area is 159 Å². The molecule has 1 aromatic rings. The maximum atomic E-state index is 4.87. The average molecular weight is 353 g/mol. The van der Waals surface area contributed by atoms with Crippen molar-refractivity contribution < 1.29 is 0 Å². The summed E-state index contributed by atoms with van der Waals surface area (Å²) in [5, 5.41) is 0. The third-order valence-corrected chi connectivity index (χ3v) is 6.31. The smallest absolute Gasteiger partial charge is 0.0332 e. The monoisotopic (exact) mass is 352 g/mol. The fraction of sp³-hybridized carbons (Fsp3) is 0.417. The molecule has 134 valence electrons. The first-order valence-corrected chi connectivity index (χ1v) is 9.50. The Bertz CT molecular complexity index is 777. The molecule has 0 heterocycles. The second-order valence-electron chi connectivity index (χ2n) is 8.41. The minimum atomic E-state index is -0.188. The molecule has 0 saturated heterocycles. The summed E-state index contributed by atoms with van der Waals surface area (Å²) in [5.74, 6) is 0. The van der Waals surface area contributed by atoms with Crippen molar-refractivity contribution in [1.82, 2.24) is 0 Å². The minimum Gasteiger partial charge on any atom is -0.168 e. The van der Waals surface area contributed by atoms with Gasteiger partial charge in [0.1, 0.15) is 0 Å². The van der Waals surface area contributed by atoms with Gasteiger partial charge in [-0.15, -0.1) is 0 Å². The topological polar surface area (TPSA) is 0 Å². The van der Waals surface area contributed by atoms with E-state index in [9.17, 15) is 0 Å². The van der Waals surface area contributed by atoms with E-state index < -0.39 is 0 Å². The van der Waals surface area contributed by atoms with Crippen LogP contribution in [-0.4, -0.2) is 4.75 Å². The molecule has 0 fully saturated rings. The predicted octanol–water partition coefficient (Wildman–Crippen LogP) is 7.20. The number of allylic oxidation sites excluding steroid dienone is 6. The summed E-state index contributed by atoms with van der Waals surface area (Å²) in [6.07, 6.45) is 9.71. The van der Waals surface area contributed by atoms with E-state index in [0.29, 0.717) is 0 Å². The van der Waals surface area contributed by atoms with Gasteiger partial charge in [0.25, 0.3) is 0 Å². The van der Waals surface area contributed by atoms with Gasteiger partial charge in [-0.05, 0) is 72.9 Å². The fourth-order valence-electron chi connectivity index (χ4n) is 3.23. The van der Waals surface area contributed by atoms with Crippen molar-refractivity contribution in [3.05, 3.63) is 70.8 Å². The molecule has 0 radical (unpaired) electrons. The Kier molecular flexibility index (Phi) is 5.59. The highest BCUT2D eigenvalue weighted by Crippen LogP contribution is 2.41. The molecule has 1 unspecified atom stereocenters. The zero-order valence-corrected chi connectivity index (χ0v) is 17.7. The van der Waals surface area contributed by atoms with Crippen LogP contribution in [0, 0.1) is 12.3 Å². The SMILES string of the molecule is C=C(/C=C/C(C)(S)C(C)(C)C)c1c(C)ccc2c1CC(C)=C2/C=C\C. The van der Waals surface area contributed by atoms with Crippen LogP contribution in [0.3, 0.4) is 0 Å². The summed E-state index contributed by atoms with van der Waals surface area (Å²) < 4.78 is -0.188. The van der Waals surface area contributed by atoms with Crippen molar-refractivity contribution in [1.29, 1.82) is 0 Å². The van der Waals surface area contributed by atoms with Gasteiger partial charge < -0.3 is 0 Å². The van der Waals surface area contributed by atoms with Crippen molar-refractivity contribution in [2.24, 2.45) is 5.41 Å². The molecule has 0 spiro atoms. The van der Waals surface area contributed by atoms with Gasteiger partial charge >= 0.3 is 0 Å². The molecule has 0 bridgehead atoms. The molecule has 1 aliphatic carbocycles. The molecule has 25 heavy (non-hydrogen) atoms. The van der Waals surface area contributed by atoms with Crippen LogP contribution in [0.15, 0.2) is 48.6 Å². The largest absolute Gasteiger partial charge is 0.168 e. The Hall–Kier alpha value is -1.47. The molecule has 0 amide bonds. The van der Waals surface area contributed by atoms with Crippen LogP contribution in [0.25, 0.3) is 11.1 Å².